The number of hydrogen-bond donors (Lipinski definition) is 1. The number of nitrogens with zero attached hydrogens (tertiary/aromatic N) is 2. The molecule has 120 valence electrons. The number of anilines is 1. The lowest BCUT2D eigenvalue weighted by molar-refractivity contribution is -0.147. The molecule has 1 N–H and O–H groups in total. The van der Waals surface area contributed by atoms with Crippen molar-refractivity contribution < 1.29 is 9.90 Å². The zero-order valence-corrected chi connectivity index (χ0v) is 13.6. The highest BCUT2D eigenvalue weighted by Crippen LogP contribution is 2.44. The maximum atomic E-state index is 11.7. The molecule has 0 bridgehead atoms. The lowest BCUT2D eigenvalue weighted by atomic mass is 9.64. The highest BCUT2D eigenvalue weighted by molar-refractivity contribution is 5.83. The van der Waals surface area contributed by atoms with Crippen LogP contribution in [0.25, 0.3) is 0 Å². The fraction of sp³-hybridized carbons (Fsp3) is 0.611. The summed E-state index contributed by atoms with van der Waals surface area (Å²) in [4.78, 5) is 16.6. The molecule has 1 saturated carbocycles. The molecule has 1 aliphatic carbocycles. The maximum Gasteiger partial charge on any atom is 0.314 e. The summed E-state index contributed by atoms with van der Waals surface area (Å²) in [6.07, 6.45) is 2.56. The van der Waals surface area contributed by atoms with Crippen LogP contribution in [-0.4, -0.2) is 48.2 Å². The predicted octanol–water partition coefficient (Wildman–Crippen LogP) is 2.72. The highest BCUT2D eigenvalue weighted by atomic mass is 16.4. The van der Waals surface area contributed by atoms with Crippen molar-refractivity contribution in [2.75, 3.05) is 31.1 Å². The molecule has 1 aromatic carbocycles. The zero-order chi connectivity index (χ0) is 15.7. The maximum absolute atomic E-state index is 11.7. The lowest BCUT2D eigenvalue weighted by Gasteiger charge is -2.40. The molecule has 4 nitrogen and oxygen atoms in total. The summed E-state index contributed by atoms with van der Waals surface area (Å²) in [5.74, 6) is -0.666. The largest absolute Gasteiger partial charge is 0.481 e. The van der Waals surface area contributed by atoms with Crippen LogP contribution in [0.15, 0.2) is 24.3 Å². The molecule has 1 saturated heterocycles. The molecule has 1 heterocycles. The third kappa shape index (κ3) is 2.60. The van der Waals surface area contributed by atoms with E-state index in [2.05, 4.69) is 35.8 Å². The van der Waals surface area contributed by atoms with E-state index in [4.69, 9.17) is 0 Å². The van der Waals surface area contributed by atoms with Gasteiger partial charge in [0.1, 0.15) is 0 Å². The summed E-state index contributed by atoms with van der Waals surface area (Å²) in [5.41, 5.74) is 1.53. The van der Waals surface area contributed by atoms with Crippen LogP contribution >= 0.6 is 0 Å². The number of benzene rings is 1. The van der Waals surface area contributed by atoms with E-state index in [1.807, 2.05) is 12.1 Å². The van der Waals surface area contributed by atoms with Crippen molar-refractivity contribution in [3.05, 3.63) is 29.8 Å². The van der Waals surface area contributed by atoms with Crippen molar-refractivity contribution in [2.24, 2.45) is 0 Å². The Morgan fingerprint density at radius 1 is 1.18 bits per heavy atom. The van der Waals surface area contributed by atoms with Gasteiger partial charge in [0.05, 0.1) is 5.41 Å². The number of carboxylic acids is 1. The summed E-state index contributed by atoms with van der Waals surface area (Å²) in [6.45, 7) is 8.66. The fourth-order valence-electron chi connectivity index (χ4n) is 3.65. The Bertz CT molecular complexity index is 544. The van der Waals surface area contributed by atoms with E-state index in [1.54, 1.807) is 0 Å². The second-order valence-corrected chi connectivity index (χ2v) is 6.91. The summed E-state index contributed by atoms with van der Waals surface area (Å²) in [5, 5.41) is 9.61. The third-order valence-corrected chi connectivity index (χ3v) is 5.42. The second-order valence-electron chi connectivity index (χ2n) is 6.91. The molecule has 0 amide bonds. The second kappa shape index (κ2) is 5.92. The van der Waals surface area contributed by atoms with Gasteiger partial charge in [-0.3, -0.25) is 9.69 Å². The van der Waals surface area contributed by atoms with Crippen LogP contribution in [-0.2, 0) is 10.2 Å². The Balaban J connectivity index is 1.76. The molecule has 0 radical (unpaired) electrons. The van der Waals surface area contributed by atoms with E-state index in [0.29, 0.717) is 6.04 Å². The van der Waals surface area contributed by atoms with Crippen LogP contribution in [0.4, 0.5) is 5.69 Å². The number of carboxylic acid groups (broad SMARTS) is 1. The fourth-order valence-corrected chi connectivity index (χ4v) is 3.65. The van der Waals surface area contributed by atoms with Gasteiger partial charge in [0.25, 0.3) is 0 Å². The third-order valence-electron chi connectivity index (χ3n) is 5.42. The van der Waals surface area contributed by atoms with Gasteiger partial charge in [0.2, 0.25) is 0 Å². The first-order valence-electron chi connectivity index (χ1n) is 8.36. The van der Waals surface area contributed by atoms with Gasteiger partial charge >= 0.3 is 5.97 Å². The summed E-state index contributed by atoms with van der Waals surface area (Å²) in [6, 6.07) is 8.82. The van der Waals surface area contributed by atoms with Gasteiger partial charge in [-0.1, -0.05) is 18.6 Å². The van der Waals surface area contributed by atoms with Crippen molar-refractivity contribution >= 4 is 11.7 Å². The number of hydrogen-bond acceptors (Lipinski definition) is 3. The molecule has 2 fully saturated rings. The average molecular weight is 302 g/mol. The van der Waals surface area contributed by atoms with Gasteiger partial charge in [0.15, 0.2) is 0 Å². The van der Waals surface area contributed by atoms with Crippen LogP contribution < -0.4 is 4.90 Å². The first-order chi connectivity index (χ1) is 10.5. The Kier molecular flexibility index (Phi) is 4.13. The minimum atomic E-state index is -0.666. The summed E-state index contributed by atoms with van der Waals surface area (Å²) in [7, 11) is 0. The van der Waals surface area contributed by atoms with Crippen LogP contribution in [0.3, 0.4) is 0 Å². The molecule has 22 heavy (non-hydrogen) atoms. The molecule has 2 aliphatic rings. The monoisotopic (exact) mass is 302 g/mol. The van der Waals surface area contributed by atoms with Gasteiger partial charge in [-0.2, -0.15) is 0 Å². The minimum Gasteiger partial charge on any atom is -0.481 e. The van der Waals surface area contributed by atoms with E-state index < -0.39 is 11.4 Å². The quantitative estimate of drug-likeness (QED) is 0.929. The number of piperazine rings is 1. The van der Waals surface area contributed by atoms with E-state index in [9.17, 15) is 9.90 Å². The van der Waals surface area contributed by atoms with Crippen molar-refractivity contribution in [1.29, 1.82) is 0 Å². The number of rotatable bonds is 4. The molecule has 0 spiro atoms. The molecule has 0 atom stereocenters. The zero-order valence-electron chi connectivity index (χ0n) is 13.6. The molecular formula is C18H26N2O2. The Labute approximate surface area is 132 Å². The Morgan fingerprint density at radius 3 is 2.36 bits per heavy atom. The Morgan fingerprint density at radius 2 is 1.86 bits per heavy atom. The standard InChI is InChI=1S/C18H26N2O2/c1-14(2)19-9-11-20(12-10-19)16-6-3-5-15(13-16)18(17(21)22)7-4-8-18/h3,5-6,13-14H,4,7-12H2,1-2H3,(H,21,22). The highest BCUT2D eigenvalue weighted by Gasteiger charge is 2.46. The van der Waals surface area contributed by atoms with Gasteiger partial charge in [0, 0.05) is 37.9 Å². The lowest BCUT2D eigenvalue weighted by Crippen LogP contribution is -2.49. The number of aliphatic carboxylic acids is 1. The van der Waals surface area contributed by atoms with E-state index in [1.165, 1.54) is 5.69 Å². The predicted molar refractivity (Wildman–Crippen MR) is 88.5 cm³/mol. The SMILES string of the molecule is CC(C)N1CCN(c2cccc(C3(C(=O)O)CCC3)c2)CC1. The molecule has 0 aromatic heterocycles. The first kappa shape index (κ1) is 15.3. The molecular weight excluding hydrogens is 276 g/mol. The van der Waals surface area contributed by atoms with Crippen molar-refractivity contribution in [3.8, 4) is 0 Å². The normalized spacial score (nSPS) is 21.7. The number of carbonyl (C=O) groups is 1. The van der Waals surface area contributed by atoms with Crippen LogP contribution in [0.5, 0.6) is 0 Å². The minimum absolute atomic E-state index is 0.596. The van der Waals surface area contributed by atoms with Crippen molar-refractivity contribution in [3.63, 3.8) is 0 Å². The van der Waals surface area contributed by atoms with Crippen LogP contribution in [0.1, 0.15) is 38.7 Å². The smallest absolute Gasteiger partial charge is 0.314 e. The summed E-state index contributed by atoms with van der Waals surface area (Å²) >= 11 is 0. The van der Waals surface area contributed by atoms with Crippen molar-refractivity contribution in [1.82, 2.24) is 4.90 Å². The van der Waals surface area contributed by atoms with Gasteiger partial charge in [-0.15, -0.1) is 0 Å². The van der Waals surface area contributed by atoms with Gasteiger partial charge in [-0.05, 0) is 44.4 Å². The van der Waals surface area contributed by atoms with Crippen molar-refractivity contribution in [2.45, 2.75) is 44.6 Å². The van der Waals surface area contributed by atoms with Crippen LogP contribution in [0, 0.1) is 0 Å². The van der Waals surface area contributed by atoms with Gasteiger partial charge in [-0.25, -0.2) is 0 Å². The van der Waals surface area contributed by atoms with Gasteiger partial charge < -0.3 is 10.0 Å². The molecule has 1 aromatic rings. The van der Waals surface area contributed by atoms with Crippen LogP contribution in [0.2, 0.25) is 0 Å². The Hall–Kier alpha value is -1.55. The summed E-state index contributed by atoms with van der Waals surface area (Å²) < 4.78 is 0. The average Bonchev–Trinajstić information content (AvgIpc) is 2.46. The van der Waals surface area contributed by atoms with E-state index >= 15 is 0 Å². The topological polar surface area (TPSA) is 43.8 Å². The van der Waals surface area contributed by atoms with E-state index in [0.717, 1.165) is 51.0 Å². The molecule has 4 heteroatoms. The molecule has 3 rings (SSSR count). The molecule has 1 aliphatic heterocycles. The molecule has 0 unspecified atom stereocenters. The van der Waals surface area contributed by atoms with E-state index in [-0.39, 0.29) is 0 Å². The first-order valence-corrected chi connectivity index (χ1v) is 8.36.